The van der Waals surface area contributed by atoms with Gasteiger partial charge < -0.3 is 18.9 Å². The molecule has 2 aromatic heterocycles. The predicted molar refractivity (Wildman–Crippen MR) is 107 cm³/mol. The zero-order valence-corrected chi connectivity index (χ0v) is 16.0. The third-order valence-electron chi connectivity index (χ3n) is 5.10. The van der Waals surface area contributed by atoms with Gasteiger partial charge in [0.25, 0.3) is 5.78 Å². The van der Waals surface area contributed by atoms with E-state index in [1.807, 2.05) is 48.5 Å². The Balaban J connectivity index is 1.38. The van der Waals surface area contributed by atoms with Crippen molar-refractivity contribution in [2.75, 3.05) is 19.8 Å². The van der Waals surface area contributed by atoms with Gasteiger partial charge in [0.2, 0.25) is 0 Å². The zero-order chi connectivity index (χ0) is 19.9. The Morgan fingerprint density at radius 2 is 1.70 bits per heavy atom. The number of fused-ring (bicyclic) bond motifs is 3. The van der Waals surface area contributed by atoms with E-state index >= 15 is 0 Å². The van der Waals surface area contributed by atoms with Gasteiger partial charge in [0.15, 0.2) is 34.9 Å². The molecular weight excluding hydrogens is 384 g/mol. The molecule has 0 saturated heterocycles. The highest BCUT2D eigenvalue weighted by atomic mass is 16.6. The molecule has 8 nitrogen and oxygen atoms in total. The number of rotatable bonds is 2. The molecular formula is C22H18N4O4. The number of ether oxygens (including phenoxy) is 4. The van der Waals surface area contributed by atoms with E-state index < -0.39 is 6.10 Å². The molecule has 0 N–H and O–H groups in total. The number of hydrogen-bond acceptors (Lipinski definition) is 7. The van der Waals surface area contributed by atoms with Crippen molar-refractivity contribution in [3.05, 3.63) is 60.6 Å². The van der Waals surface area contributed by atoms with Crippen LogP contribution in [0.2, 0.25) is 0 Å². The Morgan fingerprint density at radius 3 is 2.63 bits per heavy atom. The van der Waals surface area contributed by atoms with E-state index in [2.05, 4.69) is 15.1 Å². The second kappa shape index (κ2) is 6.91. The van der Waals surface area contributed by atoms with Crippen LogP contribution in [0.5, 0.6) is 23.0 Å². The van der Waals surface area contributed by atoms with Crippen LogP contribution in [0.25, 0.3) is 17.0 Å². The van der Waals surface area contributed by atoms with Crippen molar-refractivity contribution >= 4 is 5.78 Å². The molecule has 0 aliphatic carbocycles. The molecule has 0 unspecified atom stereocenters. The first-order valence-corrected chi connectivity index (χ1v) is 9.85. The maximum absolute atomic E-state index is 6.05. The van der Waals surface area contributed by atoms with Gasteiger partial charge in [-0.15, -0.1) is 5.10 Å². The van der Waals surface area contributed by atoms with Crippen LogP contribution >= 0.6 is 0 Å². The quantitative estimate of drug-likeness (QED) is 0.508. The summed E-state index contributed by atoms with van der Waals surface area (Å²) in [5.74, 6) is 3.92. The highest BCUT2D eigenvalue weighted by Crippen LogP contribution is 2.36. The zero-order valence-electron chi connectivity index (χ0n) is 16.0. The molecule has 8 heteroatoms. The normalized spacial score (nSPS) is 17.5. The van der Waals surface area contributed by atoms with Crippen molar-refractivity contribution in [3.63, 3.8) is 0 Å². The molecule has 2 aliphatic heterocycles. The van der Waals surface area contributed by atoms with Gasteiger partial charge in [0, 0.05) is 18.2 Å². The second-order valence-corrected chi connectivity index (χ2v) is 7.09. The van der Waals surface area contributed by atoms with Crippen LogP contribution in [0.3, 0.4) is 0 Å². The summed E-state index contributed by atoms with van der Waals surface area (Å²) < 4.78 is 25.2. The lowest BCUT2D eigenvalue weighted by molar-refractivity contribution is 0.0852. The van der Waals surface area contributed by atoms with E-state index in [4.69, 9.17) is 18.9 Å². The second-order valence-electron chi connectivity index (χ2n) is 7.09. The summed E-state index contributed by atoms with van der Waals surface area (Å²) >= 11 is 0. The molecule has 2 aromatic carbocycles. The fraction of sp³-hybridized carbons (Fsp3) is 0.227. The van der Waals surface area contributed by atoms with E-state index in [0.717, 1.165) is 34.9 Å². The first kappa shape index (κ1) is 17.1. The number of para-hydroxylation sites is 2. The molecule has 0 saturated carbocycles. The standard InChI is InChI=1S/C22H18N4O4/c1-2-5-18-16(4-1)29-13-20(30-18)21-24-22-23-9-8-15(26(22)25-21)14-6-7-17-19(12-14)28-11-3-10-27-17/h1-2,4-9,12,20H,3,10-11,13H2/t20-/m0/s1. The fourth-order valence-electron chi connectivity index (χ4n) is 3.63. The summed E-state index contributed by atoms with van der Waals surface area (Å²) in [6.07, 6.45) is 2.18. The minimum Gasteiger partial charge on any atom is -0.490 e. The summed E-state index contributed by atoms with van der Waals surface area (Å²) in [7, 11) is 0. The van der Waals surface area contributed by atoms with E-state index in [1.165, 1.54) is 0 Å². The molecule has 4 aromatic rings. The molecule has 2 aliphatic rings. The van der Waals surface area contributed by atoms with Crippen molar-refractivity contribution in [1.29, 1.82) is 0 Å². The first-order valence-electron chi connectivity index (χ1n) is 9.85. The van der Waals surface area contributed by atoms with Gasteiger partial charge >= 0.3 is 0 Å². The van der Waals surface area contributed by atoms with Gasteiger partial charge in [-0.25, -0.2) is 4.98 Å². The molecule has 30 heavy (non-hydrogen) atoms. The minimum absolute atomic E-state index is 0.341. The summed E-state index contributed by atoms with van der Waals surface area (Å²) in [5, 5.41) is 4.68. The predicted octanol–water partition coefficient (Wildman–Crippen LogP) is 3.47. The van der Waals surface area contributed by atoms with Gasteiger partial charge in [-0.1, -0.05) is 12.1 Å². The monoisotopic (exact) mass is 402 g/mol. The van der Waals surface area contributed by atoms with E-state index in [-0.39, 0.29) is 0 Å². The van der Waals surface area contributed by atoms with Crippen molar-refractivity contribution in [3.8, 4) is 34.3 Å². The van der Waals surface area contributed by atoms with Crippen LogP contribution in [0, 0.1) is 0 Å². The summed E-state index contributed by atoms with van der Waals surface area (Å²) in [5.41, 5.74) is 1.79. The molecule has 150 valence electrons. The van der Waals surface area contributed by atoms with Crippen molar-refractivity contribution in [2.45, 2.75) is 12.5 Å². The molecule has 0 bridgehead atoms. The maximum Gasteiger partial charge on any atom is 0.253 e. The van der Waals surface area contributed by atoms with E-state index in [0.29, 0.717) is 37.2 Å². The van der Waals surface area contributed by atoms with Crippen LogP contribution in [-0.2, 0) is 0 Å². The van der Waals surface area contributed by atoms with Crippen LogP contribution in [-0.4, -0.2) is 39.4 Å². The van der Waals surface area contributed by atoms with Crippen molar-refractivity contribution in [2.24, 2.45) is 0 Å². The highest BCUT2D eigenvalue weighted by Gasteiger charge is 2.27. The fourth-order valence-corrected chi connectivity index (χ4v) is 3.63. The average Bonchev–Trinajstić information content (AvgIpc) is 3.10. The summed E-state index contributed by atoms with van der Waals surface area (Å²) in [4.78, 5) is 8.94. The largest absolute Gasteiger partial charge is 0.490 e. The molecule has 0 fully saturated rings. The maximum atomic E-state index is 6.05. The van der Waals surface area contributed by atoms with E-state index in [1.54, 1.807) is 10.7 Å². The molecule has 0 spiro atoms. The molecule has 1 atom stereocenters. The van der Waals surface area contributed by atoms with Gasteiger partial charge in [-0.2, -0.15) is 9.50 Å². The van der Waals surface area contributed by atoms with Crippen LogP contribution < -0.4 is 18.9 Å². The van der Waals surface area contributed by atoms with Gasteiger partial charge in [0.1, 0.15) is 6.61 Å². The molecule has 6 rings (SSSR count). The Hall–Kier alpha value is -3.81. The smallest absolute Gasteiger partial charge is 0.253 e. The third-order valence-corrected chi connectivity index (χ3v) is 5.10. The van der Waals surface area contributed by atoms with Gasteiger partial charge in [0.05, 0.1) is 18.9 Å². The Kier molecular flexibility index (Phi) is 3.93. The summed E-state index contributed by atoms with van der Waals surface area (Å²) in [6, 6.07) is 15.4. The number of hydrogen-bond donors (Lipinski definition) is 0. The van der Waals surface area contributed by atoms with E-state index in [9.17, 15) is 0 Å². The molecule has 4 heterocycles. The number of benzene rings is 2. The van der Waals surface area contributed by atoms with Crippen LogP contribution in [0.15, 0.2) is 54.7 Å². The van der Waals surface area contributed by atoms with Gasteiger partial charge in [-0.05, 0) is 36.4 Å². The van der Waals surface area contributed by atoms with Crippen LogP contribution in [0.1, 0.15) is 18.3 Å². The van der Waals surface area contributed by atoms with Crippen LogP contribution in [0.4, 0.5) is 0 Å². The van der Waals surface area contributed by atoms with Gasteiger partial charge in [-0.3, -0.25) is 0 Å². The Morgan fingerprint density at radius 1 is 0.867 bits per heavy atom. The molecule has 0 amide bonds. The SMILES string of the molecule is c1ccc2c(c1)OC[C@@H](c1nc3nccc(-c4ccc5c(c4)OCCCO5)n3n1)O2. The van der Waals surface area contributed by atoms with Crippen molar-refractivity contribution in [1.82, 2.24) is 19.6 Å². The van der Waals surface area contributed by atoms with Crippen molar-refractivity contribution < 1.29 is 18.9 Å². The first-order chi connectivity index (χ1) is 14.8. The number of nitrogens with zero attached hydrogens (tertiary/aromatic N) is 4. The number of aromatic nitrogens is 4. The lowest BCUT2D eigenvalue weighted by Gasteiger charge is -2.24. The highest BCUT2D eigenvalue weighted by molar-refractivity contribution is 5.65. The third kappa shape index (κ3) is 2.88. The minimum atomic E-state index is -0.404. The Bertz CT molecular complexity index is 1240. The lowest BCUT2D eigenvalue weighted by Crippen LogP contribution is -2.22. The molecule has 0 radical (unpaired) electrons. The topological polar surface area (TPSA) is 80.0 Å². The Labute approximate surface area is 172 Å². The lowest BCUT2D eigenvalue weighted by atomic mass is 10.1. The summed E-state index contributed by atoms with van der Waals surface area (Å²) in [6.45, 7) is 1.63. The average molecular weight is 402 g/mol.